The molecule has 0 saturated carbocycles. The Bertz CT molecular complexity index is 129. The Morgan fingerprint density at radius 3 is 3.00 bits per heavy atom. The Morgan fingerprint density at radius 1 is 1.70 bits per heavy atom. The molecule has 1 unspecified atom stereocenters. The van der Waals surface area contributed by atoms with Gasteiger partial charge in [-0.1, -0.05) is 0 Å². The van der Waals surface area contributed by atoms with Crippen LogP contribution in [0.5, 0.6) is 0 Å². The van der Waals surface area contributed by atoms with E-state index in [1.807, 2.05) is 7.05 Å². The molecule has 0 amide bonds. The minimum absolute atomic E-state index is 0.786. The van der Waals surface area contributed by atoms with Gasteiger partial charge in [0, 0.05) is 12.3 Å². The Hall–Kier alpha value is -0.370. The fourth-order valence-corrected chi connectivity index (χ4v) is 1.32. The Balaban J connectivity index is 2.27. The zero-order chi connectivity index (χ0) is 7.40. The van der Waals surface area contributed by atoms with E-state index in [-0.39, 0.29) is 0 Å². The molecule has 1 N–H and O–H groups in total. The van der Waals surface area contributed by atoms with Crippen molar-refractivity contribution in [3.05, 3.63) is 0 Å². The predicted molar refractivity (Wildman–Crippen MR) is 44.6 cm³/mol. The van der Waals surface area contributed by atoms with E-state index in [4.69, 9.17) is 0 Å². The van der Waals surface area contributed by atoms with Gasteiger partial charge >= 0.3 is 0 Å². The topological polar surface area (TPSA) is 24.4 Å². The Morgan fingerprint density at radius 2 is 2.50 bits per heavy atom. The summed E-state index contributed by atoms with van der Waals surface area (Å²) >= 11 is 0. The van der Waals surface area contributed by atoms with Gasteiger partial charge in [-0.2, -0.15) is 0 Å². The van der Waals surface area contributed by atoms with Crippen LogP contribution in [0.4, 0.5) is 0 Å². The van der Waals surface area contributed by atoms with Gasteiger partial charge in [0.05, 0.1) is 0 Å². The van der Waals surface area contributed by atoms with E-state index in [0.717, 1.165) is 19.0 Å². The molecule has 0 bridgehead atoms. The number of hydrogen-bond acceptors (Lipinski definition) is 2. The minimum Gasteiger partial charge on any atom is -0.319 e. The van der Waals surface area contributed by atoms with Crippen molar-refractivity contribution in [2.24, 2.45) is 10.9 Å². The third-order valence-corrected chi connectivity index (χ3v) is 2.03. The van der Waals surface area contributed by atoms with Gasteiger partial charge in [-0.15, -0.1) is 0 Å². The normalized spacial score (nSPS) is 26.2. The van der Waals surface area contributed by atoms with Crippen molar-refractivity contribution in [2.45, 2.75) is 19.8 Å². The molecule has 1 rings (SSSR count). The fraction of sp³-hybridized carbons (Fsp3) is 0.875. The average molecular weight is 140 g/mol. The molecule has 10 heavy (non-hydrogen) atoms. The summed E-state index contributed by atoms with van der Waals surface area (Å²) in [6, 6.07) is 0. The van der Waals surface area contributed by atoms with Crippen LogP contribution in [0.25, 0.3) is 0 Å². The van der Waals surface area contributed by atoms with Crippen LogP contribution in [0.3, 0.4) is 0 Å². The molecule has 0 aromatic heterocycles. The molecule has 0 radical (unpaired) electrons. The second kappa shape index (κ2) is 3.71. The zero-order valence-electron chi connectivity index (χ0n) is 6.85. The predicted octanol–water partition coefficient (Wildman–Crippen LogP) is 1.08. The summed E-state index contributed by atoms with van der Waals surface area (Å²) < 4.78 is 0. The molecule has 2 heteroatoms. The largest absolute Gasteiger partial charge is 0.319 e. The first kappa shape index (κ1) is 7.73. The van der Waals surface area contributed by atoms with E-state index >= 15 is 0 Å². The van der Waals surface area contributed by atoms with Crippen molar-refractivity contribution in [3.8, 4) is 0 Å². The van der Waals surface area contributed by atoms with Crippen LogP contribution in [0.15, 0.2) is 4.99 Å². The maximum Gasteiger partial charge on any atom is 0.0429 e. The van der Waals surface area contributed by atoms with Gasteiger partial charge in [-0.25, -0.2) is 0 Å². The maximum atomic E-state index is 4.41. The Kier molecular flexibility index (Phi) is 2.87. The lowest BCUT2D eigenvalue weighted by Crippen LogP contribution is -2.24. The molecule has 1 aliphatic heterocycles. The molecule has 0 aromatic carbocycles. The standard InChI is InChI=1S/C8H16N2/c1-7-3-4-8(5-9-2)6-10-7/h8-9H,3-6H2,1-2H3. The molecule has 1 aliphatic rings. The van der Waals surface area contributed by atoms with Crippen molar-refractivity contribution in [2.75, 3.05) is 20.1 Å². The molecular formula is C8H16N2. The van der Waals surface area contributed by atoms with Gasteiger partial charge in [-0.05, 0) is 39.3 Å². The minimum atomic E-state index is 0.786. The molecular weight excluding hydrogens is 124 g/mol. The van der Waals surface area contributed by atoms with Gasteiger partial charge in [-0.3, -0.25) is 4.99 Å². The number of nitrogens with zero attached hydrogens (tertiary/aromatic N) is 1. The molecule has 1 atom stereocenters. The molecule has 0 aliphatic carbocycles. The summed E-state index contributed by atoms with van der Waals surface area (Å²) in [6.45, 7) is 4.28. The molecule has 0 fully saturated rings. The number of rotatable bonds is 2. The molecule has 0 aromatic rings. The lowest BCUT2D eigenvalue weighted by atomic mass is 9.99. The second-order valence-electron chi connectivity index (χ2n) is 3.04. The van der Waals surface area contributed by atoms with Crippen LogP contribution in [-0.2, 0) is 0 Å². The first-order valence-corrected chi connectivity index (χ1v) is 3.97. The average Bonchev–Trinajstić information content (AvgIpc) is 1.95. The molecule has 2 nitrogen and oxygen atoms in total. The highest BCUT2D eigenvalue weighted by atomic mass is 14.8. The van der Waals surface area contributed by atoms with Gasteiger partial charge in [0.2, 0.25) is 0 Å². The van der Waals surface area contributed by atoms with E-state index in [1.165, 1.54) is 18.6 Å². The van der Waals surface area contributed by atoms with Crippen LogP contribution in [0.1, 0.15) is 19.8 Å². The van der Waals surface area contributed by atoms with E-state index in [2.05, 4.69) is 17.2 Å². The van der Waals surface area contributed by atoms with Crippen molar-refractivity contribution >= 4 is 5.71 Å². The summed E-state index contributed by atoms with van der Waals surface area (Å²) in [7, 11) is 2.01. The van der Waals surface area contributed by atoms with Crippen molar-refractivity contribution in [1.82, 2.24) is 5.32 Å². The van der Waals surface area contributed by atoms with Crippen LogP contribution in [0.2, 0.25) is 0 Å². The summed E-state index contributed by atoms with van der Waals surface area (Å²) in [4.78, 5) is 4.41. The van der Waals surface area contributed by atoms with E-state index in [1.54, 1.807) is 0 Å². The monoisotopic (exact) mass is 140 g/mol. The quantitative estimate of drug-likeness (QED) is 0.609. The SMILES string of the molecule is CNCC1CCC(C)=NC1. The van der Waals surface area contributed by atoms with Crippen molar-refractivity contribution in [1.29, 1.82) is 0 Å². The first-order valence-electron chi connectivity index (χ1n) is 3.97. The third-order valence-electron chi connectivity index (χ3n) is 2.03. The summed E-state index contributed by atoms with van der Waals surface area (Å²) in [6.07, 6.45) is 2.52. The van der Waals surface area contributed by atoms with Gasteiger partial charge in [0.15, 0.2) is 0 Å². The maximum absolute atomic E-state index is 4.41. The van der Waals surface area contributed by atoms with Crippen molar-refractivity contribution < 1.29 is 0 Å². The lowest BCUT2D eigenvalue weighted by Gasteiger charge is -2.18. The van der Waals surface area contributed by atoms with E-state index in [0.29, 0.717) is 0 Å². The van der Waals surface area contributed by atoms with Gasteiger partial charge in [0.1, 0.15) is 0 Å². The molecule has 58 valence electrons. The first-order chi connectivity index (χ1) is 4.83. The summed E-state index contributed by atoms with van der Waals surface area (Å²) in [5, 5.41) is 3.18. The fourth-order valence-electron chi connectivity index (χ4n) is 1.32. The number of nitrogens with one attached hydrogen (secondary N) is 1. The van der Waals surface area contributed by atoms with Crippen LogP contribution in [0, 0.1) is 5.92 Å². The smallest absolute Gasteiger partial charge is 0.0429 e. The van der Waals surface area contributed by atoms with E-state index < -0.39 is 0 Å². The highest BCUT2D eigenvalue weighted by molar-refractivity contribution is 5.82. The van der Waals surface area contributed by atoms with Crippen LogP contribution in [-0.4, -0.2) is 25.8 Å². The van der Waals surface area contributed by atoms with E-state index in [9.17, 15) is 0 Å². The lowest BCUT2D eigenvalue weighted by molar-refractivity contribution is 0.468. The van der Waals surface area contributed by atoms with Gasteiger partial charge in [0.25, 0.3) is 0 Å². The summed E-state index contributed by atoms with van der Waals surface area (Å²) in [5.74, 6) is 0.786. The Labute approximate surface area is 62.7 Å². The number of hydrogen-bond donors (Lipinski definition) is 1. The molecule has 1 heterocycles. The highest BCUT2D eigenvalue weighted by Crippen LogP contribution is 2.12. The summed E-state index contributed by atoms with van der Waals surface area (Å²) in [5.41, 5.74) is 1.33. The van der Waals surface area contributed by atoms with Crippen LogP contribution >= 0.6 is 0 Å². The molecule has 0 saturated heterocycles. The highest BCUT2D eigenvalue weighted by Gasteiger charge is 2.11. The van der Waals surface area contributed by atoms with Gasteiger partial charge < -0.3 is 5.32 Å². The van der Waals surface area contributed by atoms with Crippen molar-refractivity contribution in [3.63, 3.8) is 0 Å². The zero-order valence-corrected chi connectivity index (χ0v) is 6.85. The van der Waals surface area contributed by atoms with Crippen LogP contribution < -0.4 is 5.32 Å². The molecule has 0 spiro atoms. The third kappa shape index (κ3) is 2.10. The number of aliphatic imine (C=N–C) groups is 1. The second-order valence-corrected chi connectivity index (χ2v) is 3.04.